The molecule has 2 atom stereocenters. The third kappa shape index (κ3) is 2.42. The summed E-state index contributed by atoms with van der Waals surface area (Å²) < 4.78 is 6.74. The smallest absolute Gasteiger partial charge is 0.343 e. The highest BCUT2D eigenvalue weighted by molar-refractivity contribution is 5.93. The Morgan fingerprint density at radius 3 is 2.81 bits per heavy atom. The van der Waals surface area contributed by atoms with Gasteiger partial charge in [-0.15, -0.1) is 12.4 Å². The van der Waals surface area contributed by atoms with Gasteiger partial charge in [-0.05, 0) is 43.0 Å². The number of carbonyl (C=O) groups is 1. The van der Waals surface area contributed by atoms with Crippen molar-refractivity contribution in [1.82, 2.24) is 9.55 Å². The van der Waals surface area contributed by atoms with Crippen LogP contribution in [0.4, 0.5) is 0 Å². The number of hydrogen-bond acceptors (Lipinski definition) is 7. The Labute approximate surface area is 189 Å². The molecule has 4 N–H and O–H groups in total. The van der Waals surface area contributed by atoms with Crippen molar-refractivity contribution in [3.63, 3.8) is 0 Å². The molecule has 3 aliphatic rings. The van der Waals surface area contributed by atoms with Crippen LogP contribution in [0.15, 0.2) is 23.0 Å². The third-order valence-electron chi connectivity index (χ3n) is 7.06. The van der Waals surface area contributed by atoms with Crippen molar-refractivity contribution >= 4 is 29.3 Å². The zero-order valence-corrected chi connectivity index (χ0v) is 18.2. The van der Waals surface area contributed by atoms with E-state index in [4.69, 9.17) is 15.5 Å². The molecule has 6 rings (SSSR count). The zero-order valence-electron chi connectivity index (χ0n) is 17.3. The van der Waals surface area contributed by atoms with Crippen LogP contribution in [0, 0.1) is 0 Å². The quantitative estimate of drug-likeness (QED) is 0.375. The van der Waals surface area contributed by atoms with Crippen molar-refractivity contribution in [2.45, 2.75) is 51.0 Å². The van der Waals surface area contributed by atoms with Gasteiger partial charge in [0.15, 0.2) is 5.60 Å². The molecular formula is C23H22ClN3O5. The molecule has 4 heterocycles. The molecule has 1 aliphatic carbocycles. The number of nitrogens with two attached hydrogens (primary N) is 1. The lowest BCUT2D eigenvalue weighted by molar-refractivity contribution is -0.172. The van der Waals surface area contributed by atoms with Crippen LogP contribution in [0.3, 0.4) is 0 Å². The summed E-state index contributed by atoms with van der Waals surface area (Å²) in [7, 11) is 0. The second-order valence-electron chi connectivity index (χ2n) is 8.56. The van der Waals surface area contributed by atoms with E-state index in [0.717, 1.165) is 22.1 Å². The molecule has 0 bridgehead atoms. The Morgan fingerprint density at radius 2 is 2.06 bits per heavy atom. The molecule has 1 aromatic carbocycles. The number of halogens is 1. The maximum atomic E-state index is 13.4. The van der Waals surface area contributed by atoms with E-state index >= 15 is 0 Å². The van der Waals surface area contributed by atoms with Crippen LogP contribution in [0.5, 0.6) is 5.75 Å². The molecule has 2 aromatic heterocycles. The van der Waals surface area contributed by atoms with Gasteiger partial charge in [-0.1, -0.05) is 6.92 Å². The van der Waals surface area contributed by atoms with Gasteiger partial charge in [-0.2, -0.15) is 0 Å². The maximum absolute atomic E-state index is 13.4. The Kier molecular flexibility index (Phi) is 4.43. The van der Waals surface area contributed by atoms with E-state index in [-0.39, 0.29) is 42.8 Å². The second kappa shape index (κ2) is 6.78. The Bertz CT molecular complexity index is 1400. The molecule has 0 radical (unpaired) electrons. The summed E-state index contributed by atoms with van der Waals surface area (Å²) in [6.07, 6.45) is 1.45. The summed E-state index contributed by atoms with van der Waals surface area (Å²) in [6.45, 7) is 1.82. The number of nitrogens with zero attached hydrogens (tertiary/aromatic N) is 2. The molecular weight excluding hydrogens is 434 g/mol. The minimum Gasteiger partial charge on any atom is -0.508 e. The van der Waals surface area contributed by atoms with E-state index in [0.29, 0.717) is 47.4 Å². The first kappa shape index (κ1) is 20.9. The fourth-order valence-electron chi connectivity index (χ4n) is 5.37. The number of fused-ring (bicyclic) bond motifs is 5. The summed E-state index contributed by atoms with van der Waals surface area (Å²) >= 11 is 0. The van der Waals surface area contributed by atoms with E-state index in [1.807, 2.05) is 0 Å². The number of pyridine rings is 2. The minimum atomic E-state index is -1.86. The Morgan fingerprint density at radius 1 is 1.28 bits per heavy atom. The summed E-state index contributed by atoms with van der Waals surface area (Å²) in [5.41, 5.74) is 9.45. The number of esters is 1. The molecule has 8 nitrogen and oxygen atoms in total. The first-order valence-electron chi connectivity index (χ1n) is 10.4. The van der Waals surface area contributed by atoms with Gasteiger partial charge in [0.25, 0.3) is 5.56 Å². The lowest BCUT2D eigenvalue weighted by Gasteiger charge is -2.31. The molecule has 166 valence electrons. The number of carbonyl (C=O) groups excluding carboxylic acids is 1. The first-order valence-corrected chi connectivity index (χ1v) is 10.4. The van der Waals surface area contributed by atoms with Crippen LogP contribution in [-0.4, -0.2) is 25.7 Å². The zero-order chi connectivity index (χ0) is 21.7. The predicted octanol–water partition coefficient (Wildman–Crippen LogP) is 2.15. The summed E-state index contributed by atoms with van der Waals surface area (Å²) in [5.74, 6) is -0.511. The van der Waals surface area contributed by atoms with Gasteiger partial charge in [0.1, 0.15) is 12.4 Å². The first-order chi connectivity index (χ1) is 14.8. The van der Waals surface area contributed by atoms with Gasteiger partial charge in [0.05, 0.1) is 29.0 Å². The van der Waals surface area contributed by atoms with E-state index < -0.39 is 11.6 Å². The Hall–Kier alpha value is -2.94. The molecule has 0 amide bonds. The maximum Gasteiger partial charge on any atom is 0.343 e. The van der Waals surface area contributed by atoms with E-state index in [9.17, 15) is 19.8 Å². The molecule has 1 unspecified atom stereocenters. The number of phenols is 1. The number of phenolic OH excluding ortho intramolecular Hbond substituents is 1. The van der Waals surface area contributed by atoms with E-state index in [1.54, 1.807) is 29.7 Å². The van der Waals surface area contributed by atoms with Crippen molar-refractivity contribution in [2.24, 2.45) is 5.73 Å². The normalized spacial score (nSPS) is 22.6. The number of aryl methyl sites for hydroxylation is 1. The number of rotatable bonds is 1. The molecule has 0 saturated carbocycles. The fourth-order valence-corrected chi connectivity index (χ4v) is 5.37. The molecule has 32 heavy (non-hydrogen) atoms. The monoisotopic (exact) mass is 455 g/mol. The SMILES string of the molecule is CC[C@@]1(O)C(=O)OCc2c1cc1n(c2=O)Cc2c-1nc1ccc(O)c3c1c2C(N)CC3.Cl. The third-order valence-corrected chi connectivity index (χ3v) is 7.06. The molecule has 3 aromatic rings. The van der Waals surface area contributed by atoms with Crippen molar-refractivity contribution in [2.75, 3.05) is 0 Å². The van der Waals surface area contributed by atoms with Gasteiger partial charge < -0.3 is 25.3 Å². The summed E-state index contributed by atoms with van der Waals surface area (Å²) in [6, 6.07) is 4.87. The number of ether oxygens (including phenoxy) is 1. The van der Waals surface area contributed by atoms with Gasteiger partial charge in [0, 0.05) is 28.1 Å². The fraction of sp³-hybridized carbons (Fsp3) is 0.348. The number of benzene rings is 1. The van der Waals surface area contributed by atoms with E-state index in [2.05, 4.69) is 0 Å². The van der Waals surface area contributed by atoms with Crippen molar-refractivity contribution in [1.29, 1.82) is 0 Å². The highest BCUT2D eigenvalue weighted by atomic mass is 35.5. The largest absolute Gasteiger partial charge is 0.508 e. The highest BCUT2D eigenvalue weighted by Gasteiger charge is 2.45. The standard InChI is InChI=1S/C23H21N3O5.ClH/c1-2-23(30)13-7-16-20-11(8-26(16)21(28)12(13)9-31-22(23)29)18-14(24)4-3-10-17(27)6-5-15(25-20)19(10)18;/h5-7,14,27,30H,2-4,8-9,24H2,1H3;1H/t14?,23-;/m0./s1. The van der Waals surface area contributed by atoms with Crippen LogP contribution >= 0.6 is 12.4 Å². The predicted molar refractivity (Wildman–Crippen MR) is 119 cm³/mol. The van der Waals surface area contributed by atoms with Crippen LogP contribution in [0.1, 0.15) is 53.6 Å². The van der Waals surface area contributed by atoms with Gasteiger partial charge >= 0.3 is 5.97 Å². The second-order valence-corrected chi connectivity index (χ2v) is 8.56. The minimum absolute atomic E-state index is 0. The lowest BCUT2D eigenvalue weighted by atomic mass is 9.83. The average Bonchev–Trinajstić information content (AvgIpc) is 3.13. The number of cyclic esters (lactones) is 1. The average molecular weight is 456 g/mol. The number of hydrogen-bond donors (Lipinski definition) is 3. The van der Waals surface area contributed by atoms with Crippen LogP contribution < -0.4 is 11.3 Å². The number of aliphatic hydroxyl groups is 1. The van der Waals surface area contributed by atoms with E-state index in [1.165, 1.54) is 0 Å². The summed E-state index contributed by atoms with van der Waals surface area (Å²) in [4.78, 5) is 30.5. The molecule has 0 spiro atoms. The molecule has 0 saturated heterocycles. The van der Waals surface area contributed by atoms with Crippen LogP contribution in [-0.2, 0) is 34.7 Å². The molecule has 0 fully saturated rings. The number of aromatic nitrogens is 2. The van der Waals surface area contributed by atoms with Crippen LogP contribution in [0.25, 0.3) is 22.3 Å². The highest BCUT2D eigenvalue weighted by Crippen LogP contribution is 2.45. The van der Waals surface area contributed by atoms with Crippen molar-refractivity contribution in [3.8, 4) is 17.1 Å². The lowest BCUT2D eigenvalue weighted by Crippen LogP contribution is -2.44. The number of aromatic hydroxyl groups is 1. The molecule has 2 aliphatic heterocycles. The van der Waals surface area contributed by atoms with Gasteiger partial charge in [0.2, 0.25) is 0 Å². The van der Waals surface area contributed by atoms with Crippen molar-refractivity contribution < 1.29 is 19.7 Å². The van der Waals surface area contributed by atoms with Gasteiger partial charge in [-0.25, -0.2) is 9.78 Å². The molecule has 9 heteroatoms. The van der Waals surface area contributed by atoms with Crippen molar-refractivity contribution in [3.05, 3.63) is 56.4 Å². The topological polar surface area (TPSA) is 128 Å². The Balaban J connectivity index is 0.00000216. The summed E-state index contributed by atoms with van der Waals surface area (Å²) in [5, 5.41) is 22.2. The van der Waals surface area contributed by atoms with Gasteiger partial charge in [-0.3, -0.25) is 4.79 Å². The van der Waals surface area contributed by atoms with Crippen LogP contribution in [0.2, 0.25) is 0 Å².